The molecular formula is C18H26N2O4S. The minimum absolute atomic E-state index is 0.118. The summed E-state index contributed by atoms with van der Waals surface area (Å²) in [5, 5.41) is 21.5. The van der Waals surface area contributed by atoms with Gasteiger partial charge in [0, 0.05) is 5.92 Å². The van der Waals surface area contributed by atoms with Crippen molar-refractivity contribution in [2.45, 2.75) is 44.5 Å². The van der Waals surface area contributed by atoms with Gasteiger partial charge < -0.3 is 5.11 Å². The lowest BCUT2D eigenvalue weighted by atomic mass is 9.99. The Kier molecular flexibility index (Phi) is 6.22. The summed E-state index contributed by atoms with van der Waals surface area (Å²) in [6.45, 7) is 5.65. The molecule has 0 aliphatic heterocycles. The lowest BCUT2D eigenvalue weighted by Crippen LogP contribution is -2.37. The Hall–Kier alpha value is -1.46. The Balaban J connectivity index is 2.00. The number of aliphatic hydroxyl groups is 1. The molecule has 0 bridgehead atoms. The summed E-state index contributed by atoms with van der Waals surface area (Å²) in [4.78, 5) is 0. The number of nitriles is 1. The fourth-order valence-electron chi connectivity index (χ4n) is 2.63. The first-order valence-corrected chi connectivity index (χ1v) is 9.85. The number of benzene rings is 1. The van der Waals surface area contributed by atoms with Crippen molar-refractivity contribution in [2.24, 2.45) is 11.3 Å². The lowest BCUT2D eigenvalue weighted by molar-refractivity contribution is 0.202. The number of nitrogens with one attached hydrogen (secondary N) is 1. The highest BCUT2D eigenvalue weighted by Crippen LogP contribution is 2.41. The first-order chi connectivity index (χ1) is 11.7. The first-order valence-electron chi connectivity index (χ1n) is 8.37. The molecule has 2 N–H and O–H groups in total. The lowest BCUT2D eigenvalue weighted by Gasteiger charge is -2.21. The molecule has 25 heavy (non-hydrogen) atoms. The van der Waals surface area contributed by atoms with Crippen LogP contribution in [0.25, 0.3) is 0 Å². The Morgan fingerprint density at radius 2 is 2.00 bits per heavy atom. The van der Waals surface area contributed by atoms with Gasteiger partial charge in [-0.05, 0) is 17.4 Å². The van der Waals surface area contributed by atoms with Gasteiger partial charge in [0.05, 0.1) is 30.6 Å². The van der Waals surface area contributed by atoms with E-state index in [1.54, 1.807) is 0 Å². The summed E-state index contributed by atoms with van der Waals surface area (Å²) in [6.07, 6.45) is 0.393. The SMILES string of the molecule is CC(C)(C)COS(=O)(=O)[C@H]1C[C@@H]1[C@H](C#N)N[C@@H](CO)c1ccccc1. The molecule has 7 heteroatoms. The first kappa shape index (κ1) is 19.9. The molecule has 0 amide bonds. The Morgan fingerprint density at radius 1 is 1.36 bits per heavy atom. The van der Waals surface area contributed by atoms with Crippen molar-refractivity contribution in [3.05, 3.63) is 35.9 Å². The number of hydrogen-bond acceptors (Lipinski definition) is 6. The quantitative estimate of drug-likeness (QED) is 0.683. The predicted octanol–water partition coefficient (Wildman–Crippen LogP) is 1.98. The molecule has 1 aromatic carbocycles. The van der Waals surface area contributed by atoms with Gasteiger partial charge in [0.25, 0.3) is 10.1 Å². The van der Waals surface area contributed by atoms with Gasteiger partial charge in [0.15, 0.2) is 0 Å². The minimum atomic E-state index is -3.69. The van der Waals surface area contributed by atoms with Crippen LogP contribution >= 0.6 is 0 Å². The van der Waals surface area contributed by atoms with Gasteiger partial charge in [-0.1, -0.05) is 51.1 Å². The maximum Gasteiger partial charge on any atom is 0.270 e. The Morgan fingerprint density at radius 3 is 2.52 bits per heavy atom. The summed E-state index contributed by atoms with van der Waals surface area (Å²) >= 11 is 0. The molecule has 2 rings (SSSR count). The van der Waals surface area contributed by atoms with E-state index in [2.05, 4.69) is 11.4 Å². The van der Waals surface area contributed by atoms with Gasteiger partial charge in [0.2, 0.25) is 0 Å². The number of rotatable bonds is 8. The molecule has 1 fully saturated rings. The summed E-state index contributed by atoms with van der Waals surface area (Å²) < 4.78 is 29.7. The highest BCUT2D eigenvalue weighted by atomic mass is 32.2. The maximum absolute atomic E-state index is 12.3. The molecule has 1 aliphatic rings. The number of nitrogens with zero attached hydrogens (tertiary/aromatic N) is 1. The standard InChI is InChI=1S/C18H26N2O4S/c1-18(2,3)12-24-25(22,23)17-9-14(17)15(10-19)20-16(11-21)13-7-5-4-6-8-13/h4-8,14-17,20-21H,9,11-12H2,1-3H3/t14-,15+,16+,17+/m1/s1. The van der Waals surface area contributed by atoms with Crippen molar-refractivity contribution >= 4 is 10.1 Å². The average molecular weight is 366 g/mol. The van der Waals surface area contributed by atoms with Crippen LogP contribution in [0.2, 0.25) is 0 Å². The molecule has 1 aromatic rings. The van der Waals surface area contributed by atoms with E-state index in [9.17, 15) is 18.8 Å². The minimum Gasteiger partial charge on any atom is -0.394 e. The van der Waals surface area contributed by atoms with Crippen LogP contribution in [-0.4, -0.2) is 38.0 Å². The highest BCUT2D eigenvalue weighted by molar-refractivity contribution is 7.87. The maximum atomic E-state index is 12.3. The van der Waals surface area contributed by atoms with Crippen LogP contribution < -0.4 is 5.32 Å². The summed E-state index contributed by atoms with van der Waals surface area (Å²) in [5.74, 6) is -0.326. The molecule has 0 spiro atoms. The van der Waals surface area contributed by atoms with Crippen molar-refractivity contribution in [3.63, 3.8) is 0 Å². The van der Waals surface area contributed by atoms with E-state index in [4.69, 9.17) is 4.18 Å². The second-order valence-electron chi connectivity index (χ2n) is 7.67. The Bertz CT molecular complexity index is 707. The van der Waals surface area contributed by atoms with E-state index in [0.717, 1.165) is 5.56 Å². The molecule has 0 saturated heterocycles. The van der Waals surface area contributed by atoms with Crippen molar-refractivity contribution in [1.29, 1.82) is 5.26 Å². The van der Waals surface area contributed by atoms with Gasteiger partial charge in [-0.15, -0.1) is 0 Å². The van der Waals surface area contributed by atoms with Crippen molar-refractivity contribution in [1.82, 2.24) is 5.32 Å². The zero-order valence-electron chi connectivity index (χ0n) is 14.8. The predicted molar refractivity (Wildman–Crippen MR) is 95.0 cm³/mol. The van der Waals surface area contributed by atoms with E-state index in [-0.39, 0.29) is 24.5 Å². The second-order valence-corrected chi connectivity index (χ2v) is 9.50. The molecule has 1 saturated carbocycles. The molecule has 4 atom stereocenters. The van der Waals surface area contributed by atoms with Crippen LogP contribution in [0.5, 0.6) is 0 Å². The van der Waals surface area contributed by atoms with Crippen molar-refractivity contribution in [3.8, 4) is 6.07 Å². The van der Waals surface area contributed by atoms with E-state index in [1.165, 1.54) is 0 Å². The summed E-state index contributed by atoms with van der Waals surface area (Å²) in [6, 6.07) is 10.4. The van der Waals surface area contributed by atoms with E-state index < -0.39 is 27.5 Å². The van der Waals surface area contributed by atoms with Gasteiger partial charge in [-0.2, -0.15) is 13.7 Å². The third-order valence-electron chi connectivity index (χ3n) is 4.14. The number of aliphatic hydroxyl groups excluding tert-OH is 1. The third-order valence-corrected chi connectivity index (χ3v) is 5.87. The molecule has 6 nitrogen and oxygen atoms in total. The Labute approximate surface area is 149 Å². The van der Waals surface area contributed by atoms with Gasteiger partial charge in [-0.3, -0.25) is 9.50 Å². The number of hydrogen-bond donors (Lipinski definition) is 2. The summed E-state index contributed by atoms with van der Waals surface area (Å²) in [7, 11) is -3.69. The fourth-order valence-corrected chi connectivity index (χ4v) is 4.37. The van der Waals surface area contributed by atoms with Crippen LogP contribution in [0.3, 0.4) is 0 Å². The van der Waals surface area contributed by atoms with E-state index in [1.807, 2.05) is 51.1 Å². The second kappa shape index (κ2) is 7.83. The smallest absolute Gasteiger partial charge is 0.270 e. The molecule has 0 unspecified atom stereocenters. The molecule has 0 radical (unpaired) electrons. The van der Waals surface area contributed by atoms with Crippen LogP contribution in [0, 0.1) is 22.7 Å². The van der Waals surface area contributed by atoms with E-state index >= 15 is 0 Å². The van der Waals surface area contributed by atoms with Gasteiger partial charge in [-0.25, -0.2) is 0 Å². The summed E-state index contributed by atoms with van der Waals surface area (Å²) in [5.41, 5.74) is 0.605. The zero-order chi connectivity index (χ0) is 18.7. The van der Waals surface area contributed by atoms with Crippen LogP contribution in [0.15, 0.2) is 30.3 Å². The normalized spacial score (nSPS) is 22.8. The highest BCUT2D eigenvalue weighted by Gasteiger charge is 2.53. The van der Waals surface area contributed by atoms with Gasteiger partial charge in [0.1, 0.15) is 6.04 Å². The van der Waals surface area contributed by atoms with Crippen LogP contribution in [-0.2, 0) is 14.3 Å². The van der Waals surface area contributed by atoms with Crippen LogP contribution in [0.1, 0.15) is 38.8 Å². The topological polar surface area (TPSA) is 99.4 Å². The van der Waals surface area contributed by atoms with Gasteiger partial charge >= 0.3 is 0 Å². The molecule has 138 valence electrons. The molecule has 0 heterocycles. The van der Waals surface area contributed by atoms with Crippen molar-refractivity contribution < 1.29 is 17.7 Å². The molecular weight excluding hydrogens is 340 g/mol. The molecule has 0 aromatic heterocycles. The van der Waals surface area contributed by atoms with Crippen molar-refractivity contribution in [2.75, 3.05) is 13.2 Å². The van der Waals surface area contributed by atoms with E-state index in [0.29, 0.717) is 6.42 Å². The molecule has 1 aliphatic carbocycles. The zero-order valence-corrected chi connectivity index (χ0v) is 15.7. The van der Waals surface area contributed by atoms with Crippen LogP contribution in [0.4, 0.5) is 0 Å². The fraction of sp³-hybridized carbons (Fsp3) is 0.611. The average Bonchev–Trinajstić information content (AvgIpc) is 3.36. The largest absolute Gasteiger partial charge is 0.394 e. The monoisotopic (exact) mass is 366 g/mol. The third kappa shape index (κ3) is 5.51.